The van der Waals surface area contributed by atoms with E-state index in [-0.39, 0.29) is 0 Å². The molecule has 1 atom stereocenters. The SMILES string of the molecule is COc1nc(NCC2NCCCC2(C)C)ncc1Br. The van der Waals surface area contributed by atoms with E-state index in [0.29, 0.717) is 23.3 Å². The predicted molar refractivity (Wildman–Crippen MR) is 79.6 cm³/mol. The number of nitrogens with zero attached hydrogens (tertiary/aromatic N) is 2. The normalized spacial score (nSPS) is 22.0. The Morgan fingerprint density at radius 2 is 2.37 bits per heavy atom. The zero-order valence-electron chi connectivity index (χ0n) is 11.7. The molecule has 1 fully saturated rings. The maximum absolute atomic E-state index is 5.16. The van der Waals surface area contributed by atoms with Gasteiger partial charge < -0.3 is 15.4 Å². The van der Waals surface area contributed by atoms with Crippen molar-refractivity contribution in [2.75, 3.05) is 25.5 Å². The number of aromatic nitrogens is 2. The molecule has 2 N–H and O–H groups in total. The van der Waals surface area contributed by atoms with Gasteiger partial charge in [0, 0.05) is 12.6 Å². The highest BCUT2D eigenvalue weighted by atomic mass is 79.9. The molecule has 1 aromatic rings. The van der Waals surface area contributed by atoms with E-state index in [4.69, 9.17) is 4.74 Å². The van der Waals surface area contributed by atoms with Crippen molar-refractivity contribution < 1.29 is 4.74 Å². The number of piperidine rings is 1. The first kappa shape index (κ1) is 14.5. The number of ether oxygens (including phenoxy) is 1. The van der Waals surface area contributed by atoms with E-state index in [1.54, 1.807) is 13.3 Å². The summed E-state index contributed by atoms with van der Waals surface area (Å²) >= 11 is 3.35. The van der Waals surface area contributed by atoms with Crippen molar-refractivity contribution in [1.82, 2.24) is 15.3 Å². The third-order valence-corrected chi connectivity index (χ3v) is 4.25. The van der Waals surface area contributed by atoms with Crippen molar-refractivity contribution in [2.45, 2.75) is 32.7 Å². The summed E-state index contributed by atoms with van der Waals surface area (Å²) in [6.45, 7) is 6.50. The smallest absolute Gasteiger partial charge is 0.232 e. The Morgan fingerprint density at radius 1 is 1.58 bits per heavy atom. The monoisotopic (exact) mass is 328 g/mol. The van der Waals surface area contributed by atoms with Gasteiger partial charge in [0.1, 0.15) is 0 Å². The standard InChI is InChI=1S/C13H21BrN4O/c1-13(2)5-4-6-15-10(13)8-17-12-16-7-9(14)11(18-12)19-3/h7,10,15H,4-6,8H2,1-3H3,(H,16,17,18). The number of hydrogen-bond donors (Lipinski definition) is 2. The van der Waals surface area contributed by atoms with Crippen LogP contribution < -0.4 is 15.4 Å². The Balaban J connectivity index is 1.98. The summed E-state index contributed by atoms with van der Waals surface area (Å²) in [6, 6.07) is 0.430. The molecule has 1 aromatic heterocycles. The Hall–Kier alpha value is -0.880. The average Bonchev–Trinajstić information content (AvgIpc) is 2.38. The molecule has 0 amide bonds. The van der Waals surface area contributed by atoms with Gasteiger partial charge >= 0.3 is 0 Å². The van der Waals surface area contributed by atoms with E-state index in [9.17, 15) is 0 Å². The van der Waals surface area contributed by atoms with Crippen LogP contribution in [0.4, 0.5) is 5.95 Å². The van der Waals surface area contributed by atoms with Crippen molar-refractivity contribution in [3.05, 3.63) is 10.7 Å². The zero-order chi connectivity index (χ0) is 13.9. The molecule has 2 rings (SSSR count). The van der Waals surface area contributed by atoms with Gasteiger partial charge in [-0.05, 0) is 40.7 Å². The van der Waals surface area contributed by atoms with Crippen molar-refractivity contribution in [3.8, 4) is 5.88 Å². The van der Waals surface area contributed by atoms with E-state index >= 15 is 0 Å². The van der Waals surface area contributed by atoms with Gasteiger partial charge in [-0.15, -0.1) is 0 Å². The summed E-state index contributed by atoms with van der Waals surface area (Å²) < 4.78 is 5.93. The summed E-state index contributed by atoms with van der Waals surface area (Å²) in [7, 11) is 1.60. The van der Waals surface area contributed by atoms with E-state index < -0.39 is 0 Å². The molecule has 0 spiro atoms. The summed E-state index contributed by atoms with van der Waals surface area (Å²) in [4.78, 5) is 8.55. The van der Waals surface area contributed by atoms with E-state index in [0.717, 1.165) is 17.6 Å². The van der Waals surface area contributed by atoms with Crippen molar-refractivity contribution >= 4 is 21.9 Å². The number of halogens is 1. The second-order valence-corrected chi connectivity index (χ2v) is 6.38. The fourth-order valence-corrected chi connectivity index (χ4v) is 2.75. The van der Waals surface area contributed by atoms with Crippen LogP contribution in [0.25, 0.3) is 0 Å². The first-order valence-electron chi connectivity index (χ1n) is 6.57. The highest BCUT2D eigenvalue weighted by Gasteiger charge is 2.31. The molecule has 5 nitrogen and oxygen atoms in total. The number of hydrogen-bond acceptors (Lipinski definition) is 5. The Bertz CT molecular complexity index is 439. The predicted octanol–water partition coefficient (Wildman–Crippen LogP) is 2.44. The summed E-state index contributed by atoms with van der Waals surface area (Å²) in [5, 5.41) is 6.85. The van der Waals surface area contributed by atoms with Gasteiger partial charge in [0.05, 0.1) is 17.8 Å². The molecule has 106 valence electrons. The van der Waals surface area contributed by atoms with Gasteiger partial charge in [-0.3, -0.25) is 0 Å². The molecule has 0 aliphatic carbocycles. The second kappa shape index (κ2) is 6.05. The fourth-order valence-electron chi connectivity index (χ4n) is 2.39. The minimum atomic E-state index is 0.296. The first-order chi connectivity index (χ1) is 9.03. The lowest BCUT2D eigenvalue weighted by Gasteiger charge is -2.39. The highest BCUT2D eigenvalue weighted by molar-refractivity contribution is 9.10. The summed E-state index contributed by atoms with van der Waals surface area (Å²) in [6.07, 6.45) is 4.19. The zero-order valence-corrected chi connectivity index (χ0v) is 13.2. The Morgan fingerprint density at radius 3 is 3.05 bits per heavy atom. The molecule has 6 heteroatoms. The number of nitrogens with one attached hydrogen (secondary N) is 2. The van der Waals surface area contributed by atoms with Crippen LogP contribution in [-0.2, 0) is 0 Å². The fraction of sp³-hybridized carbons (Fsp3) is 0.692. The van der Waals surface area contributed by atoms with Crippen molar-refractivity contribution in [3.63, 3.8) is 0 Å². The maximum Gasteiger partial charge on any atom is 0.232 e. The van der Waals surface area contributed by atoms with Crippen LogP contribution in [0.5, 0.6) is 5.88 Å². The highest BCUT2D eigenvalue weighted by Crippen LogP contribution is 2.30. The second-order valence-electron chi connectivity index (χ2n) is 5.53. The van der Waals surface area contributed by atoms with Gasteiger partial charge in [0.2, 0.25) is 11.8 Å². The molecule has 0 bridgehead atoms. The molecular weight excluding hydrogens is 308 g/mol. The van der Waals surface area contributed by atoms with Crippen LogP contribution in [0.1, 0.15) is 26.7 Å². The lowest BCUT2D eigenvalue weighted by molar-refractivity contribution is 0.188. The largest absolute Gasteiger partial charge is 0.480 e. The summed E-state index contributed by atoms with van der Waals surface area (Å²) in [5.74, 6) is 1.15. The Labute approximate surface area is 122 Å². The van der Waals surface area contributed by atoms with Crippen LogP contribution in [0, 0.1) is 5.41 Å². The van der Waals surface area contributed by atoms with Crippen LogP contribution in [0.15, 0.2) is 10.7 Å². The minimum absolute atomic E-state index is 0.296. The first-order valence-corrected chi connectivity index (χ1v) is 7.36. The molecule has 19 heavy (non-hydrogen) atoms. The molecule has 0 saturated carbocycles. The quantitative estimate of drug-likeness (QED) is 0.889. The summed E-state index contributed by atoms with van der Waals surface area (Å²) in [5.41, 5.74) is 0.296. The maximum atomic E-state index is 5.16. The average molecular weight is 329 g/mol. The van der Waals surface area contributed by atoms with E-state index in [1.807, 2.05) is 0 Å². The Kier molecular flexibility index (Phi) is 4.62. The van der Waals surface area contributed by atoms with E-state index in [1.165, 1.54) is 12.8 Å². The van der Waals surface area contributed by atoms with E-state index in [2.05, 4.69) is 50.4 Å². The number of rotatable bonds is 4. The topological polar surface area (TPSA) is 59.1 Å². The lowest BCUT2D eigenvalue weighted by atomic mass is 9.77. The van der Waals surface area contributed by atoms with Crippen LogP contribution in [-0.4, -0.2) is 36.2 Å². The van der Waals surface area contributed by atoms with Gasteiger partial charge in [-0.25, -0.2) is 4.98 Å². The van der Waals surface area contributed by atoms with Crippen LogP contribution >= 0.6 is 15.9 Å². The third-order valence-electron chi connectivity index (χ3n) is 3.70. The van der Waals surface area contributed by atoms with Crippen LogP contribution in [0.3, 0.4) is 0 Å². The molecule has 1 aliphatic heterocycles. The van der Waals surface area contributed by atoms with Crippen LogP contribution in [0.2, 0.25) is 0 Å². The molecule has 1 saturated heterocycles. The van der Waals surface area contributed by atoms with Gasteiger partial charge in [-0.2, -0.15) is 4.98 Å². The van der Waals surface area contributed by atoms with Gasteiger partial charge in [0.15, 0.2) is 0 Å². The molecule has 1 unspecified atom stereocenters. The van der Waals surface area contributed by atoms with Gasteiger partial charge in [0.25, 0.3) is 0 Å². The number of anilines is 1. The molecule has 0 radical (unpaired) electrons. The van der Waals surface area contributed by atoms with Crippen molar-refractivity contribution in [2.24, 2.45) is 5.41 Å². The number of methoxy groups -OCH3 is 1. The molecule has 1 aliphatic rings. The lowest BCUT2D eigenvalue weighted by Crippen LogP contribution is -2.50. The molecular formula is C13H21BrN4O. The third kappa shape index (κ3) is 3.57. The molecule has 2 heterocycles. The van der Waals surface area contributed by atoms with Crippen molar-refractivity contribution in [1.29, 1.82) is 0 Å². The molecule has 0 aromatic carbocycles. The minimum Gasteiger partial charge on any atom is -0.480 e. The van der Waals surface area contributed by atoms with Gasteiger partial charge in [-0.1, -0.05) is 13.8 Å².